The van der Waals surface area contributed by atoms with Crippen LogP contribution in [0.5, 0.6) is 0 Å². The molecule has 0 aliphatic heterocycles. The van der Waals surface area contributed by atoms with E-state index in [1.165, 1.54) is 0 Å². The average molecular weight is 184 g/mol. The van der Waals surface area contributed by atoms with Crippen LogP contribution in [-0.4, -0.2) is 5.12 Å². The first kappa shape index (κ1) is 8.56. The van der Waals surface area contributed by atoms with Gasteiger partial charge >= 0.3 is 0 Å². The average Bonchev–Trinajstić information content (AvgIpc) is 2.39. The van der Waals surface area contributed by atoms with Gasteiger partial charge < -0.3 is 0 Å². The van der Waals surface area contributed by atoms with E-state index in [2.05, 4.69) is 12.6 Å². The first-order valence-corrected chi connectivity index (χ1v) is 4.48. The van der Waals surface area contributed by atoms with Crippen molar-refractivity contribution in [3.63, 3.8) is 0 Å². The zero-order valence-corrected chi connectivity index (χ0v) is 7.78. The van der Waals surface area contributed by atoms with Crippen molar-refractivity contribution in [3.8, 4) is 0 Å². The Bertz CT molecular complexity index is 272. The lowest BCUT2D eigenvalue weighted by Gasteiger charge is -1.89. The Morgan fingerprint density at radius 3 is 2.91 bits per heavy atom. The zero-order chi connectivity index (χ0) is 8.27. The summed E-state index contributed by atoms with van der Waals surface area (Å²) in [6, 6.07) is 3.91. The zero-order valence-electron chi connectivity index (χ0n) is 6.07. The molecule has 0 atom stereocenters. The molecule has 0 aliphatic rings. The fourth-order valence-electron chi connectivity index (χ4n) is 0.649. The van der Waals surface area contributed by atoms with E-state index < -0.39 is 0 Å². The first-order valence-electron chi connectivity index (χ1n) is 3.15. The van der Waals surface area contributed by atoms with E-state index >= 15 is 0 Å². The van der Waals surface area contributed by atoms with Gasteiger partial charge in [-0.05, 0) is 24.4 Å². The van der Waals surface area contributed by atoms with Crippen molar-refractivity contribution in [1.82, 2.24) is 0 Å². The van der Waals surface area contributed by atoms with E-state index in [9.17, 15) is 4.79 Å². The molecule has 0 saturated carbocycles. The normalized spacial score (nSPS) is 11.6. The SMILES string of the molecule is CC(=Cc1cccs1)C(=O)S. The van der Waals surface area contributed by atoms with Crippen LogP contribution in [-0.2, 0) is 4.79 Å². The van der Waals surface area contributed by atoms with Gasteiger partial charge in [-0.1, -0.05) is 6.07 Å². The van der Waals surface area contributed by atoms with Crippen LogP contribution in [0.25, 0.3) is 6.08 Å². The maximum absolute atomic E-state index is 10.7. The van der Waals surface area contributed by atoms with Crippen molar-refractivity contribution in [2.45, 2.75) is 6.92 Å². The number of carbonyl (C=O) groups is 1. The topological polar surface area (TPSA) is 17.1 Å². The molecule has 0 aliphatic carbocycles. The lowest BCUT2D eigenvalue weighted by Crippen LogP contribution is -1.85. The highest BCUT2D eigenvalue weighted by atomic mass is 32.1. The molecule has 0 saturated heterocycles. The Morgan fingerprint density at radius 2 is 2.45 bits per heavy atom. The summed E-state index contributed by atoms with van der Waals surface area (Å²) >= 11 is 5.31. The fourth-order valence-corrected chi connectivity index (χ4v) is 1.43. The van der Waals surface area contributed by atoms with Crippen molar-refractivity contribution in [2.75, 3.05) is 0 Å². The molecule has 0 bridgehead atoms. The van der Waals surface area contributed by atoms with Gasteiger partial charge in [-0.3, -0.25) is 4.79 Å². The van der Waals surface area contributed by atoms with Gasteiger partial charge in [-0.15, -0.1) is 24.0 Å². The molecule has 1 rings (SSSR count). The summed E-state index contributed by atoms with van der Waals surface area (Å²) in [4.78, 5) is 11.8. The van der Waals surface area contributed by atoms with Crippen molar-refractivity contribution in [1.29, 1.82) is 0 Å². The number of hydrogen-bond acceptors (Lipinski definition) is 2. The molecule has 3 heteroatoms. The summed E-state index contributed by atoms with van der Waals surface area (Å²) < 4.78 is 0. The molecule has 0 radical (unpaired) electrons. The van der Waals surface area contributed by atoms with Crippen molar-refractivity contribution in [3.05, 3.63) is 28.0 Å². The smallest absolute Gasteiger partial charge is 0.212 e. The van der Waals surface area contributed by atoms with Crippen LogP contribution in [0, 0.1) is 0 Å². The van der Waals surface area contributed by atoms with Crippen LogP contribution in [0.3, 0.4) is 0 Å². The van der Waals surface area contributed by atoms with Crippen LogP contribution in [0.1, 0.15) is 11.8 Å². The highest BCUT2D eigenvalue weighted by Gasteiger charge is 1.96. The Balaban J connectivity index is 2.82. The van der Waals surface area contributed by atoms with Crippen LogP contribution in [0.2, 0.25) is 0 Å². The maximum atomic E-state index is 10.7. The van der Waals surface area contributed by atoms with Gasteiger partial charge in [0.15, 0.2) is 0 Å². The van der Waals surface area contributed by atoms with Gasteiger partial charge in [0.25, 0.3) is 0 Å². The first-order chi connectivity index (χ1) is 5.20. The molecule has 0 N–H and O–H groups in total. The summed E-state index contributed by atoms with van der Waals surface area (Å²) in [5.41, 5.74) is 0.677. The standard InChI is InChI=1S/C8H8OS2/c1-6(8(9)10)5-7-3-2-4-11-7/h2-5H,1H3,(H,9,10). The molecular formula is C8H8OS2. The van der Waals surface area contributed by atoms with Crippen molar-refractivity contribution in [2.24, 2.45) is 0 Å². The maximum Gasteiger partial charge on any atom is 0.212 e. The highest BCUT2D eigenvalue weighted by molar-refractivity contribution is 7.97. The number of thiophene rings is 1. The monoisotopic (exact) mass is 184 g/mol. The molecule has 58 valence electrons. The summed E-state index contributed by atoms with van der Waals surface area (Å²) in [6.07, 6.45) is 1.83. The van der Waals surface area contributed by atoms with Crippen LogP contribution in [0.15, 0.2) is 23.1 Å². The summed E-state index contributed by atoms with van der Waals surface area (Å²) in [5, 5.41) is 1.81. The van der Waals surface area contributed by atoms with Crippen LogP contribution < -0.4 is 0 Å². The van der Waals surface area contributed by atoms with Crippen molar-refractivity contribution < 1.29 is 4.79 Å². The number of thiol groups is 1. The molecular weight excluding hydrogens is 176 g/mol. The van der Waals surface area contributed by atoms with Gasteiger partial charge in [0, 0.05) is 10.5 Å². The van der Waals surface area contributed by atoms with Gasteiger partial charge in [-0.25, -0.2) is 0 Å². The number of carbonyl (C=O) groups excluding carboxylic acids is 1. The van der Waals surface area contributed by atoms with Crippen LogP contribution >= 0.6 is 24.0 Å². The second-order valence-corrected chi connectivity index (χ2v) is 3.53. The second-order valence-electron chi connectivity index (χ2n) is 2.15. The largest absolute Gasteiger partial charge is 0.282 e. The molecule has 1 heterocycles. The van der Waals surface area contributed by atoms with Gasteiger partial charge in [0.2, 0.25) is 5.12 Å². The lowest BCUT2D eigenvalue weighted by atomic mass is 10.3. The minimum atomic E-state index is -0.168. The fraction of sp³-hybridized carbons (Fsp3) is 0.125. The molecule has 1 aromatic heterocycles. The highest BCUT2D eigenvalue weighted by Crippen LogP contribution is 2.13. The third-order valence-electron chi connectivity index (χ3n) is 1.24. The minimum Gasteiger partial charge on any atom is -0.282 e. The molecule has 0 spiro atoms. The third kappa shape index (κ3) is 2.52. The Kier molecular flexibility index (Phi) is 2.91. The Hall–Kier alpha value is -0.540. The van der Waals surface area contributed by atoms with E-state index in [-0.39, 0.29) is 5.12 Å². The van der Waals surface area contributed by atoms with E-state index in [1.807, 2.05) is 23.6 Å². The molecule has 1 aromatic rings. The molecule has 0 amide bonds. The van der Waals surface area contributed by atoms with E-state index in [1.54, 1.807) is 18.3 Å². The summed E-state index contributed by atoms with van der Waals surface area (Å²) in [5.74, 6) is 0. The number of rotatable bonds is 2. The lowest BCUT2D eigenvalue weighted by molar-refractivity contribution is -0.107. The van der Waals surface area contributed by atoms with E-state index in [4.69, 9.17) is 0 Å². The van der Waals surface area contributed by atoms with Gasteiger partial charge in [0.05, 0.1) is 0 Å². The van der Waals surface area contributed by atoms with Crippen molar-refractivity contribution >= 4 is 35.2 Å². The van der Waals surface area contributed by atoms with Crippen LogP contribution in [0.4, 0.5) is 0 Å². The van der Waals surface area contributed by atoms with E-state index in [0.29, 0.717) is 5.57 Å². The summed E-state index contributed by atoms with van der Waals surface area (Å²) in [6.45, 7) is 1.76. The van der Waals surface area contributed by atoms with E-state index in [0.717, 1.165) is 4.88 Å². The predicted molar refractivity (Wildman–Crippen MR) is 52.0 cm³/mol. The quantitative estimate of drug-likeness (QED) is 0.552. The minimum absolute atomic E-state index is 0.168. The van der Waals surface area contributed by atoms with Gasteiger partial charge in [-0.2, -0.15) is 0 Å². The Morgan fingerprint density at radius 1 is 1.73 bits per heavy atom. The molecule has 11 heavy (non-hydrogen) atoms. The molecule has 0 unspecified atom stereocenters. The van der Waals surface area contributed by atoms with Gasteiger partial charge in [0.1, 0.15) is 0 Å². The number of hydrogen-bond donors (Lipinski definition) is 1. The Labute approximate surface area is 75.2 Å². The molecule has 0 aromatic carbocycles. The predicted octanol–water partition coefficient (Wildman–Crippen LogP) is 2.61. The molecule has 0 fully saturated rings. The third-order valence-corrected chi connectivity index (χ3v) is 2.41. The second kappa shape index (κ2) is 3.74. The summed E-state index contributed by atoms with van der Waals surface area (Å²) in [7, 11) is 0. The molecule has 1 nitrogen and oxygen atoms in total.